The first kappa shape index (κ1) is 9.34. The smallest absolute Gasteiger partial charge is 0.341 e. The van der Waals surface area contributed by atoms with E-state index in [1.807, 2.05) is 0 Å². The molecule has 0 bridgehead atoms. The zero-order valence-electron chi connectivity index (χ0n) is 5.10. The zero-order valence-corrected chi connectivity index (χ0v) is 5.92. The summed E-state index contributed by atoms with van der Waals surface area (Å²) in [4.78, 5) is 7.39. The maximum Gasteiger partial charge on any atom is 0.341 e. The minimum atomic E-state index is -4.72. The minimum absolute atomic E-state index is 0.685. The lowest BCUT2D eigenvalue weighted by Gasteiger charge is -2.13. The molecule has 6 nitrogen and oxygen atoms in total. The Morgan fingerprint density at radius 1 is 1.60 bits per heavy atom. The summed E-state index contributed by atoms with van der Waals surface area (Å²) in [6.45, 7) is 0.685. The van der Waals surface area contributed by atoms with Crippen LogP contribution < -0.4 is 5.73 Å². The van der Waals surface area contributed by atoms with Crippen molar-refractivity contribution in [1.82, 2.24) is 0 Å². The van der Waals surface area contributed by atoms with E-state index >= 15 is 0 Å². The van der Waals surface area contributed by atoms with Crippen molar-refractivity contribution in [1.29, 1.82) is 0 Å². The number of hydrogen-bond donors (Lipinski definition) is 3. The highest BCUT2D eigenvalue weighted by atomic mass is 32.2. The van der Waals surface area contributed by atoms with E-state index in [0.29, 0.717) is 6.92 Å². The van der Waals surface area contributed by atoms with Crippen LogP contribution in [-0.2, 0) is 14.9 Å². The molecule has 4 N–H and O–H groups in total. The summed E-state index contributed by atoms with van der Waals surface area (Å²) in [5.74, 6) is -1.80. The van der Waals surface area contributed by atoms with Crippen molar-refractivity contribution in [2.24, 2.45) is 5.73 Å². The lowest BCUT2D eigenvalue weighted by Crippen LogP contribution is -2.51. The van der Waals surface area contributed by atoms with Crippen LogP contribution in [0, 0.1) is 0 Å². The Hall–Kier alpha value is -0.660. The van der Waals surface area contributed by atoms with Crippen LogP contribution in [0.1, 0.15) is 6.92 Å². The Morgan fingerprint density at radius 3 is 1.90 bits per heavy atom. The van der Waals surface area contributed by atoms with Crippen LogP contribution in [0.25, 0.3) is 0 Å². The minimum Gasteiger partial charge on any atom is -0.479 e. The molecule has 0 saturated heterocycles. The van der Waals surface area contributed by atoms with Gasteiger partial charge in [0.15, 0.2) is 0 Å². The molecule has 0 aliphatic rings. The van der Waals surface area contributed by atoms with Gasteiger partial charge in [-0.15, -0.1) is 0 Å². The number of carboxylic acids is 1. The molecular formula is C3H7NO5S. The summed E-state index contributed by atoms with van der Waals surface area (Å²) in [5, 5.41) is 8.11. The predicted molar refractivity (Wildman–Crippen MR) is 31.8 cm³/mol. The fraction of sp³-hybridized carbons (Fsp3) is 0.667. The van der Waals surface area contributed by atoms with Crippen LogP contribution in [0.5, 0.6) is 0 Å². The number of aliphatic carboxylic acids is 1. The molecule has 0 aromatic carbocycles. The van der Waals surface area contributed by atoms with Gasteiger partial charge in [0.1, 0.15) is 0 Å². The molecule has 0 aromatic rings. The molecule has 0 radical (unpaired) electrons. The van der Waals surface area contributed by atoms with E-state index in [-0.39, 0.29) is 0 Å². The van der Waals surface area contributed by atoms with E-state index in [1.54, 1.807) is 0 Å². The van der Waals surface area contributed by atoms with Crippen molar-refractivity contribution in [2.45, 2.75) is 11.8 Å². The average molecular weight is 169 g/mol. The number of hydrogen-bond acceptors (Lipinski definition) is 4. The number of carbonyl (C=O) groups is 1. The third-order valence-corrected chi connectivity index (χ3v) is 2.21. The van der Waals surface area contributed by atoms with E-state index in [0.717, 1.165) is 0 Å². The molecule has 0 aliphatic heterocycles. The van der Waals surface area contributed by atoms with Gasteiger partial charge < -0.3 is 10.8 Å². The summed E-state index contributed by atoms with van der Waals surface area (Å²) in [7, 11) is -4.72. The predicted octanol–water partition coefficient (Wildman–Crippen LogP) is -1.37. The largest absolute Gasteiger partial charge is 0.479 e. The fourth-order valence-corrected chi connectivity index (χ4v) is 0.331. The van der Waals surface area contributed by atoms with Crippen LogP contribution in [-0.4, -0.2) is 28.9 Å². The third kappa shape index (κ3) is 1.43. The van der Waals surface area contributed by atoms with Gasteiger partial charge in [0, 0.05) is 0 Å². The van der Waals surface area contributed by atoms with Crippen LogP contribution in [0.15, 0.2) is 0 Å². The van der Waals surface area contributed by atoms with Gasteiger partial charge in [-0.05, 0) is 6.92 Å². The maximum atomic E-state index is 10.1. The Morgan fingerprint density at radius 2 is 1.90 bits per heavy atom. The van der Waals surface area contributed by atoms with Gasteiger partial charge in [0.05, 0.1) is 0 Å². The van der Waals surface area contributed by atoms with Crippen molar-refractivity contribution in [3.63, 3.8) is 0 Å². The Bertz CT molecular complexity index is 240. The highest BCUT2D eigenvalue weighted by Crippen LogP contribution is 2.06. The standard InChI is InChI=1S/C3H7NO5S/c1-3(4,2(5)6)10(7,8)9/h4H2,1H3,(H,5,6)(H,7,8,9)/t3-/m1/s1. The third-order valence-electron chi connectivity index (χ3n) is 0.961. The molecule has 1 atom stereocenters. The highest BCUT2D eigenvalue weighted by molar-refractivity contribution is 7.88. The van der Waals surface area contributed by atoms with Crippen molar-refractivity contribution < 1.29 is 22.9 Å². The van der Waals surface area contributed by atoms with Gasteiger partial charge in [-0.25, -0.2) is 4.79 Å². The topological polar surface area (TPSA) is 118 Å². The van der Waals surface area contributed by atoms with Crippen molar-refractivity contribution in [3.05, 3.63) is 0 Å². The molecular weight excluding hydrogens is 162 g/mol. The summed E-state index contributed by atoms with van der Waals surface area (Å²) < 4.78 is 28.5. The van der Waals surface area contributed by atoms with E-state index in [2.05, 4.69) is 0 Å². The summed E-state index contributed by atoms with van der Waals surface area (Å²) in [6.07, 6.45) is 0. The molecule has 10 heavy (non-hydrogen) atoms. The maximum absolute atomic E-state index is 10.1. The molecule has 0 aromatic heterocycles. The van der Waals surface area contributed by atoms with E-state index in [9.17, 15) is 13.2 Å². The summed E-state index contributed by atoms with van der Waals surface area (Å²) in [6, 6.07) is 0. The SMILES string of the molecule is C[C@](N)(C(=O)O)S(=O)(=O)O. The molecule has 0 heterocycles. The monoisotopic (exact) mass is 169 g/mol. The van der Waals surface area contributed by atoms with Gasteiger partial charge in [-0.3, -0.25) is 4.55 Å². The highest BCUT2D eigenvalue weighted by Gasteiger charge is 2.41. The normalized spacial score (nSPS) is 17.9. The van der Waals surface area contributed by atoms with Gasteiger partial charge in [-0.1, -0.05) is 0 Å². The molecule has 60 valence electrons. The van der Waals surface area contributed by atoms with Gasteiger partial charge in [0.2, 0.25) is 4.87 Å². The first-order valence-electron chi connectivity index (χ1n) is 2.19. The van der Waals surface area contributed by atoms with E-state index in [4.69, 9.17) is 15.4 Å². The van der Waals surface area contributed by atoms with Gasteiger partial charge in [0.25, 0.3) is 10.1 Å². The average Bonchev–Trinajstić information content (AvgIpc) is 1.62. The summed E-state index contributed by atoms with van der Waals surface area (Å²) in [5.41, 5.74) is 4.70. The molecule has 0 saturated carbocycles. The first-order chi connectivity index (χ1) is 4.19. The second-order valence-electron chi connectivity index (χ2n) is 1.89. The van der Waals surface area contributed by atoms with Crippen molar-refractivity contribution >= 4 is 16.1 Å². The Kier molecular flexibility index (Phi) is 2.04. The zero-order chi connectivity index (χ0) is 8.58. The second kappa shape index (κ2) is 2.19. The van der Waals surface area contributed by atoms with Crippen LogP contribution in [0.3, 0.4) is 0 Å². The van der Waals surface area contributed by atoms with Crippen LogP contribution in [0.2, 0.25) is 0 Å². The van der Waals surface area contributed by atoms with Crippen molar-refractivity contribution in [2.75, 3.05) is 0 Å². The molecule has 0 rings (SSSR count). The molecule has 0 amide bonds. The lowest BCUT2D eigenvalue weighted by molar-refractivity contribution is -0.139. The number of nitrogens with two attached hydrogens (primary N) is 1. The molecule has 0 fully saturated rings. The van der Waals surface area contributed by atoms with E-state index in [1.165, 1.54) is 0 Å². The molecule has 7 heteroatoms. The van der Waals surface area contributed by atoms with Gasteiger partial charge in [-0.2, -0.15) is 8.42 Å². The lowest BCUT2D eigenvalue weighted by atomic mass is 10.4. The number of rotatable bonds is 2. The van der Waals surface area contributed by atoms with Crippen LogP contribution >= 0.6 is 0 Å². The molecule has 0 spiro atoms. The van der Waals surface area contributed by atoms with Crippen LogP contribution in [0.4, 0.5) is 0 Å². The first-order valence-corrected chi connectivity index (χ1v) is 3.63. The Labute approximate surface area is 57.4 Å². The summed E-state index contributed by atoms with van der Waals surface area (Å²) >= 11 is 0. The fourth-order valence-electron chi connectivity index (χ4n) is 0.110. The quantitative estimate of drug-likeness (QED) is 0.439. The van der Waals surface area contributed by atoms with E-state index < -0.39 is 21.0 Å². The Balaban J connectivity index is 4.95. The van der Waals surface area contributed by atoms with Crippen molar-refractivity contribution in [3.8, 4) is 0 Å². The molecule has 0 aliphatic carbocycles. The van der Waals surface area contributed by atoms with Gasteiger partial charge >= 0.3 is 5.97 Å². The number of carboxylic acid groups (broad SMARTS) is 1. The molecule has 0 unspecified atom stereocenters. The second-order valence-corrected chi connectivity index (χ2v) is 3.69.